The molecule has 1 aromatic carbocycles. The van der Waals surface area contributed by atoms with Gasteiger partial charge < -0.3 is 33.9 Å². The Bertz CT molecular complexity index is 481. The second kappa shape index (κ2) is 13.7. The molecule has 0 heterocycles. The number of aliphatic carboxylic acids is 1. The Balaban J connectivity index is 0.000000922. The van der Waals surface area contributed by atoms with Gasteiger partial charge in [-0.25, -0.2) is 4.79 Å². The van der Waals surface area contributed by atoms with Gasteiger partial charge in [0.1, 0.15) is 30.6 Å². The van der Waals surface area contributed by atoms with E-state index in [0.29, 0.717) is 48.7 Å². The lowest BCUT2D eigenvalue weighted by atomic mass is 10.3. The van der Waals surface area contributed by atoms with E-state index in [1.54, 1.807) is 33.5 Å². The molecule has 0 aliphatic heterocycles. The average molecular weight is 367 g/mol. The van der Waals surface area contributed by atoms with Crippen molar-refractivity contribution in [2.75, 3.05) is 54.4 Å². The first kappa shape index (κ1) is 22.3. The lowest BCUT2D eigenvalue weighted by molar-refractivity contribution is -0.140. The number of carbonyl (C=O) groups is 1. The molecule has 0 radical (unpaired) electrons. The first-order valence-corrected chi connectivity index (χ1v) is 7.32. The van der Waals surface area contributed by atoms with E-state index in [1.165, 1.54) is 0 Å². The van der Waals surface area contributed by atoms with Gasteiger partial charge in [-0.15, -0.1) is 0 Å². The number of rotatable bonds is 10. The van der Waals surface area contributed by atoms with Crippen LogP contribution >= 0.6 is 11.6 Å². The van der Waals surface area contributed by atoms with Crippen molar-refractivity contribution < 1.29 is 38.7 Å². The molecule has 2 N–H and O–H groups in total. The molecular weight excluding hydrogens is 344 g/mol. The summed E-state index contributed by atoms with van der Waals surface area (Å²) < 4.78 is 26.2. The third kappa shape index (κ3) is 8.78. The minimum absolute atomic E-state index is 0.379. The fourth-order valence-corrected chi connectivity index (χ4v) is 1.68. The highest BCUT2D eigenvalue weighted by Gasteiger charge is 2.15. The number of benzene rings is 1. The van der Waals surface area contributed by atoms with Gasteiger partial charge in [-0.3, -0.25) is 0 Å². The highest BCUT2D eigenvalue weighted by molar-refractivity contribution is 6.33. The lowest BCUT2D eigenvalue weighted by Crippen LogP contribution is -2.09. The summed E-state index contributed by atoms with van der Waals surface area (Å²) in [6, 6.07) is 3.48. The van der Waals surface area contributed by atoms with E-state index in [1.807, 2.05) is 0 Å². The molecule has 9 heteroatoms. The van der Waals surface area contributed by atoms with Crippen LogP contribution in [0.15, 0.2) is 12.1 Å². The van der Waals surface area contributed by atoms with E-state index < -0.39 is 12.6 Å². The summed E-state index contributed by atoms with van der Waals surface area (Å²) in [7, 11) is 4.76. The van der Waals surface area contributed by atoms with E-state index >= 15 is 0 Å². The smallest absolute Gasteiger partial charge is 0.329 e. The quantitative estimate of drug-likeness (QED) is 0.600. The molecule has 24 heavy (non-hydrogen) atoms. The standard InChI is InChI=1S/C13H19ClO5.C2H4O3/c1-15-6-8-18-11-5-4-10(17-3)12(14)13(11)19-9-7-16-2;3-1-2(4)5/h4-5H,6-9H2,1-3H3;3H,1H2,(H,4,5). The summed E-state index contributed by atoms with van der Waals surface area (Å²) in [6.45, 7) is 0.968. The van der Waals surface area contributed by atoms with Crippen LogP contribution in [-0.2, 0) is 14.3 Å². The maximum atomic E-state index is 9.12. The average Bonchev–Trinajstić information content (AvgIpc) is 2.58. The number of hydrogen-bond acceptors (Lipinski definition) is 7. The summed E-state index contributed by atoms with van der Waals surface area (Å²) in [4.78, 5) is 9.12. The number of carboxylic acid groups (broad SMARTS) is 1. The van der Waals surface area contributed by atoms with Crippen molar-refractivity contribution in [2.45, 2.75) is 0 Å². The highest BCUT2D eigenvalue weighted by Crippen LogP contribution is 2.41. The van der Waals surface area contributed by atoms with Crippen LogP contribution in [0.1, 0.15) is 0 Å². The second-order valence-electron chi connectivity index (χ2n) is 4.14. The molecule has 0 fully saturated rings. The summed E-state index contributed by atoms with van der Waals surface area (Å²) >= 11 is 6.20. The van der Waals surface area contributed by atoms with Crippen LogP contribution in [0.25, 0.3) is 0 Å². The van der Waals surface area contributed by atoms with Gasteiger partial charge in [0, 0.05) is 14.2 Å². The molecular formula is C15H23ClO8. The minimum atomic E-state index is -1.19. The van der Waals surface area contributed by atoms with E-state index in [0.717, 1.165) is 0 Å². The number of aliphatic hydroxyl groups is 1. The van der Waals surface area contributed by atoms with Crippen molar-refractivity contribution in [1.29, 1.82) is 0 Å². The molecule has 0 bridgehead atoms. The number of aliphatic hydroxyl groups excluding tert-OH is 1. The van der Waals surface area contributed by atoms with Gasteiger partial charge in [-0.1, -0.05) is 11.6 Å². The molecule has 0 unspecified atom stereocenters. The van der Waals surface area contributed by atoms with Crippen molar-refractivity contribution in [1.82, 2.24) is 0 Å². The van der Waals surface area contributed by atoms with Crippen molar-refractivity contribution >= 4 is 17.6 Å². The predicted octanol–water partition coefficient (Wildman–Crippen LogP) is 1.46. The molecule has 0 aliphatic carbocycles. The SMILES string of the molecule is COCCOc1ccc(OC)c(Cl)c1OCCOC.O=C(O)CO. The number of ether oxygens (including phenoxy) is 5. The van der Waals surface area contributed by atoms with E-state index in [4.69, 9.17) is 50.3 Å². The van der Waals surface area contributed by atoms with Crippen LogP contribution in [-0.4, -0.2) is 70.5 Å². The first-order chi connectivity index (χ1) is 11.5. The Kier molecular flexibility index (Phi) is 12.7. The van der Waals surface area contributed by atoms with Gasteiger partial charge in [-0.2, -0.15) is 0 Å². The summed E-state index contributed by atoms with van der Waals surface area (Å²) in [5.41, 5.74) is 0. The first-order valence-electron chi connectivity index (χ1n) is 6.94. The third-order valence-corrected chi connectivity index (χ3v) is 2.82. The molecule has 0 amide bonds. The summed E-state index contributed by atoms with van der Waals surface area (Å²) in [6.07, 6.45) is 0. The van der Waals surface area contributed by atoms with Crippen molar-refractivity contribution in [3.05, 3.63) is 17.2 Å². The van der Waals surface area contributed by atoms with Gasteiger partial charge in [0.2, 0.25) is 0 Å². The predicted molar refractivity (Wildman–Crippen MR) is 87.5 cm³/mol. The van der Waals surface area contributed by atoms with Crippen LogP contribution in [0.3, 0.4) is 0 Å². The van der Waals surface area contributed by atoms with Crippen LogP contribution in [0.5, 0.6) is 17.2 Å². The Hall–Kier alpha value is -1.74. The normalized spacial score (nSPS) is 9.71. The van der Waals surface area contributed by atoms with Crippen LogP contribution in [0, 0.1) is 0 Å². The van der Waals surface area contributed by atoms with Crippen molar-refractivity contribution in [3.63, 3.8) is 0 Å². The van der Waals surface area contributed by atoms with E-state index in [2.05, 4.69) is 0 Å². The molecule has 0 spiro atoms. The Labute approximate surface area is 145 Å². The zero-order valence-electron chi connectivity index (χ0n) is 13.9. The van der Waals surface area contributed by atoms with Gasteiger partial charge >= 0.3 is 5.97 Å². The van der Waals surface area contributed by atoms with Gasteiger partial charge in [0.05, 0.1) is 20.3 Å². The maximum absolute atomic E-state index is 9.12. The van der Waals surface area contributed by atoms with Crippen molar-refractivity contribution in [2.24, 2.45) is 0 Å². The number of halogens is 1. The van der Waals surface area contributed by atoms with Crippen LogP contribution in [0.2, 0.25) is 5.02 Å². The number of methoxy groups -OCH3 is 3. The van der Waals surface area contributed by atoms with E-state index in [9.17, 15) is 0 Å². The van der Waals surface area contributed by atoms with Gasteiger partial charge in [-0.05, 0) is 12.1 Å². The van der Waals surface area contributed by atoms with Gasteiger partial charge in [0.25, 0.3) is 0 Å². The molecule has 138 valence electrons. The van der Waals surface area contributed by atoms with Crippen molar-refractivity contribution in [3.8, 4) is 17.2 Å². The van der Waals surface area contributed by atoms with Gasteiger partial charge in [0.15, 0.2) is 11.5 Å². The molecule has 0 aromatic heterocycles. The topological polar surface area (TPSA) is 104 Å². The zero-order valence-corrected chi connectivity index (χ0v) is 14.7. The molecule has 1 aromatic rings. The molecule has 0 aliphatic rings. The van der Waals surface area contributed by atoms with Crippen LogP contribution < -0.4 is 14.2 Å². The molecule has 0 saturated carbocycles. The largest absolute Gasteiger partial charge is 0.495 e. The monoisotopic (exact) mass is 366 g/mol. The summed E-state index contributed by atoms with van der Waals surface area (Å²) in [5.74, 6) is 0.353. The van der Waals surface area contributed by atoms with Crippen LogP contribution in [0.4, 0.5) is 0 Å². The Morgan fingerprint density at radius 3 is 1.96 bits per heavy atom. The lowest BCUT2D eigenvalue weighted by Gasteiger charge is -2.15. The second-order valence-corrected chi connectivity index (χ2v) is 4.52. The fraction of sp³-hybridized carbons (Fsp3) is 0.533. The molecule has 0 saturated heterocycles. The Morgan fingerprint density at radius 1 is 1.00 bits per heavy atom. The molecule has 0 atom stereocenters. The highest BCUT2D eigenvalue weighted by atomic mass is 35.5. The molecule has 1 rings (SSSR count). The summed E-state index contributed by atoms with van der Waals surface area (Å²) in [5, 5.41) is 15.4. The fourth-order valence-electron chi connectivity index (χ4n) is 1.39. The minimum Gasteiger partial charge on any atom is -0.495 e. The molecule has 8 nitrogen and oxygen atoms in total. The maximum Gasteiger partial charge on any atom is 0.329 e. The number of carboxylic acids is 1. The van der Waals surface area contributed by atoms with E-state index in [-0.39, 0.29) is 0 Å². The zero-order chi connectivity index (χ0) is 18.4. The number of hydrogen-bond donors (Lipinski definition) is 2. The third-order valence-electron chi connectivity index (χ3n) is 2.46. The Morgan fingerprint density at radius 2 is 1.50 bits per heavy atom.